The van der Waals surface area contributed by atoms with Crippen LogP contribution in [0.3, 0.4) is 0 Å². The maximum Gasteiger partial charge on any atom is 0.266 e. The summed E-state index contributed by atoms with van der Waals surface area (Å²) >= 11 is 0. The predicted octanol–water partition coefficient (Wildman–Crippen LogP) is 4.11. The van der Waals surface area contributed by atoms with Gasteiger partial charge < -0.3 is 24.0 Å². The summed E-state index contributed by atoms with van der Waals surface area (Å²) in [6, 6.07) is 7.79. The van der Waals surface area contributed by atoms with Crippen LogP contribution in [0.15, 0.2) is 46.0 Å². The third-order valence-corrected chi connectivity index (χ3v) is 9.05. The van der Waals surface area contributed by atoms with Crippen molar-refractivity contribution in [3.8, 4) is 0 Å². The first-order valence-corrected chi connectivity index (χ1v) is 15.3. The Balaban J connectivity index is 1.25. The van der Waals surface area contributed by atoms with Gasteiger partial charge in [0.25, 0.3) is 5.95 Å². The Bertz CT molecular complexity index is 1700. The molecule has 10 nitrogen and oxygen atoms in total. The third kappa shape index (κ3) is 5.75. The lowest BCUT2D eigenvalue weighted by atomic mass is 10.0. The van der Waals surface area contributed by atoms with Crippen molar-refractivity contribution in [1.82, 2.24) is 24.6 Å². The zero-order valence-corrected chi connectivity index (χ0v) is 24.7. The molecule has 3 fully saturated rings. The minimum Gasteiger partial charge on any atom is -0.391 e. The first-order chi connectivity index (χ1) is 20.8. The van der Waals surface area contributed by atoms with E-state index in [2.05, 4.69) is 35.6 Å². The molecule has 1 aromatic carbocycles. The molecule has 2 saturated heterocycles. The van der Waals surface area contributed by atoms with Crippen LogP contribution in [0.5, 0.6) is 0 Å². The topological polar surface area (TPSA) is 104 Å². The summed E-state index contributed by atoms with van der Waals surface area (Å²) in [7, 11) is 0. The van der Waals surface area contributed by atoms with E-state index >= 15 is 4.39 Å². The van der Waals surface area contributed by atoms with Crippen LogP contribution >= 0.6 is 0 Å². The number of β-amino-alcohol motifs (C(OH)–C–C–N with tert-alkyl or cyclic N) is 1. The number of aryl methyl sites for hydroxylation is 2. The lowest BCUT2D eigenvalue weighted by Crippen LogP contribution is -2.48. The van der Waals surface area contributed by atoms with Gasteiger partial charge in [0.15, 0.2) is 5.43 Å². The number of rotatable bonds is 8. The predicted molar refractivity (Wildman–Crippen MR) is 162 cm³/mol. The molecule has 0 bridgehead atoms. The Morgan fingerprint density at radius 2 is 1.93 bits per heavy atom. The molecule has 0 unspecified atom stereocenters. The summed E-state index contributed by atoms with van der Waals surface area (Å²) in [5, 5.41) is 14.6. The van der Waals surface area contributed by atoms with Crippen LogP contribution in [-0.2, 0) is 13.1 Å². The molecule has 1 aliphatic carbocycles. The molecule has 3 aliphatic rings. The minimum absolute atomic E-state index is 0.129. The number of fused-ring (bicyclic) bond motifs is 1. The standard InChI is InChI=1S/C32H38FN7O3/c1-20-12-22(7-9-34-20)15-39(25-4-3-10-38(18-25)32-35-21(2)43-36-32)16-23-17-40(24-5-6-24)29-14-30(37-11-8-26(41)19-37)28(33)13-27(29)31(23)42/h7,9,12-14,17,24-26,41H,3-6,8,10-11,15-16,18-19H2,1-2H3/t25-,26+/m0/s1. The smallest absolute Gasteiger partial charge is 0.266 e. The molecule has 2 atom stereocenters. The van der Waals surface area contributed by atoms with Gasteiger partial charge in [0, 0.05) is 87.3 Å². The van der Waals surface area contributed by atoms with Crippen LogP contribution in [0, 0.1) is 19.7 Å². The fraction of sp³-hybridized carbons (Fsp3) is 0.500. The Morgan fingerprint density at radius 3 is 2.65 bits per heavy atom. The molecule has 3 aromatic heterocycles. The van der Waals surface area contributed by atoms with E-state index < -0.39 is 11.9 Å². The molecule has 4 aromatic rings. The number of aliphatic hydroxyl groups is 1. The van der Waals surface area contributed by atoms with Gasteiger partial charge in [-0.2, -0.15) is 4.98 Å². The SMILES string of the molecule is Cc1cc(CN(Cc2cn(C3CC3)c3cc(N4CC[C@@H](O)C4)c(F)cc3c2=O)[C@H]2CCCN(c3noc(C)n3)C2)ccn1. The third-order valence-electron chi connectivity index (χ3n) is 9.05. The van der Waals surface area contributed by atoms with Crippen molar-refractivity contribution in [2.24, 2.45) is 0 Å². The summed E-state index contributed by atoms with van der Waals surface area (Å²) in [6.07, 6.45) is 8.00. The van der Waals surface area contributed by atoms with Crippen LogP contribution in [0.25, 0.3) is 10.9 Å². The van der Waals surface area contributed by atoms with Crippen molar-refractivity contribution in [2.45, 2.75) is 77.2 Å². The highest BCUT2D eigenvalue weighted by Crippen LogP contribution is 2.38. The molecule has 2 aliphatic heterocycles. The quantitative estimate of drug-likeness (QED) is 0.326. The van der Waals surface area contributed by atoms with Crippen LogP contribution < -0.4 is 15.2 Å². The zero-order valence-electron chi connectivity index (χ0n) is 24.7. The number of piperidine rings is 1. The molecule has 1 N–H and O–H groups in total. The largest absolute Gasteiger partial charge is 0.391 e. The Labute approximate surface area is 249 Å². The maximum atomic E-state index is 15.5. The van der Waals surface area contributed by atoms with Gasteiger partial charge in [0.1, 0.15) is 5.82 Å². The first kappa shape index (κ1) is 28.0. The van der Waals surface area contributed by atoms with E-state index in [9.17, 15) is 9.90 Å². The summed E-state index contributed by atoms with van der Waals surface area (Å²) in [6.45, 7) is 7.43. The second-order valence-electron chi connectivity index (χ2n) is 12.4. The number of nitrogens with zero attached hydrogens (tertiary/aromatic N) is 7. The molecule has 0 amide bonds. The van der Waals surface area contributed by atoms with E-state index in [1.807, 2.05) is 36.4 Å². The molecule has 226 valence electrons. The fourth-order valence-electron chi connectivity index (χ4n) is 6.71. The van der Waals surface area contributed by atoms with Crippen LogP contribution in [0.2, 0.25) is 0 Å². The summed E-state index contributed by atoms with van der Waals surface area (Å²) in [5.74, 6) is 0.718. The first-order valence-electron chi connectivity index (χ1n) is 15.3. The minimum atomic E-state index is -0.460. The second kappa shape index (κ2) is 11.3. The normalized spacial score (nSPS) is 21.0. The number of aromatic nitrogens is 4. The molecule has 0 radical (unpaired) electrons. The zero-order chi connectivity index (χ0) is 29.7. The Kier molecular flexibility index (Phi) is 7.38. The molecule has 11 heteroatoms. The van der Waals surface area contributed by atoms with Gasteiger partial charge in [-0.15, -0.1) is 0 Å². The number of pyridine rings is 2. The molecule has 5 heterocycles. The van der Waals surface area contributed by atoms with Crippen LogP contribution in [0.4, 0.5) is 16.0 Å². The van der Waals surface area contributed by atoms with E-state index in [0.29, 0.717) is 73.7 Å². The number of hydrogen-bond donors (Lipinski definition) is 1. The number of halogens is 1. The van der Waals surface area contributed by atoms with Gasteiger partial charge in [-0.3, -0.25) is 14.7 Å². The van der Waals surface area contributed by atoms with Crippen molar-refractivity contribution in [3.63, 3.8) is 0 Å². The fourth-order valence-corrected chi connectivity index (χ4v) is 6.71. The van der Waals surface area contributed by atoms with Crippen molar-refractivity contribution in [2.75, 3.05) is 36.0 Å². The average Bonchev–Trinajstić information content (AvgIpc) is 3.60. The highest BCUT2D eigenvalue weighted by atomic mass is 19.1. The summed E-state index contributed by atoms with van der Waals surface area (Å²) < 4.78 is 23.0. The molecule has 43 heavy (non-hydrogen) atoms. The lowest BCUT2D eigenvalue weighted by Gasteiger charge is -2.39. The van der Waals surface area contributed by atoms with Crippen LogP contribution in [0.1, 0.15) is 60.9 Å². The molecule has 0 spiro atoms. The van der Waals surface area contributed by atoms with Gasteiger partial charge in [0.05, 0.1) is 17.3 Å². The maximum absolute atomic E-state index is 15.5. The van der Waals surface area contributed by atoms with Crippen molar-refractivity contribution < 1.29 is 14.0 Å². The Hall–Kier alpha value is -3.83. The summed E-state index contributed by atoms with van der Waals surface area (Å²) in [4.78, 5) is 29.3. The number of aliphatic hydroxyl groups excluding tert-OH is 1. The number of benzene rings is 1. The van der Waals surface area contributed by atoms with E-state index in [1.54, 1.807) is 6.92 Å². The van der Waals surface area contributed by atoms with E-state index in [0.717, 1.165) is 49.0 Å². The van der Waals surface area contributed by atoms with Crippen molar-refractivity contribution >= 4 is 22.5 Å². The second-order valence-corrected chi connectivity index (χ2v) is 12.4. The van der Waals surface area contributed by atoms with E-state index in [-0.39, 0.29) is 11.5 Å². The lowest BCUT2D eigenvalue weighted by molar-refractivity contribution is 0.157. The van der Waals surface area contributed by atoms with E-state index in [1.165, 1.54) is 6.07 Å². The Morgan fingerprint density at radius 1 is 1.07 bits per heavy atom. The number of anilines is 2. The van der Waals surface area contributed by atoms with Crippen LogP contribution in [-0.4, -0.2) is 68.0 Å². The van der Waals surface area contributed by atoms with E-state index in [4.69, 9.17) is 4.52 Å². The summed E-state index contributed by atoms with van der Waals surface area (Å²) in [5.41, 5.74) is 3.84. The van der Waals surface area contributed by atoms with Gasteiger partial charge in [0.2, 0.25) is 5.89 Å². The van der Waals surface area contributed by atoms with Crippen molar-refractivity contribution in [3.05, 3.63) is 75.4 Å². The van der Waals surface area contributed by atoms with Gasteiger partial charge in [-0.1, -0.05) is 0 Å². The average molecular weight is 588 g/mol. The molecular weight excluding hydrogens is 549 g/mol. The molecule has 1 saturated carbocycles. The van der Waals surface area contributed by atoms with Gasteiger partial charge in [-0.25, -0.2) is 4.39 Å². The van der Waals surface area contributed by atoms with Gasteiger partial charge in [-0.05, 0) is 74.0 Å². The number of hydrogen-bond acceptors (Lipinski definition) is 9. The highest BCUT2D eigenvalue weighted by molar-refractivity contribution is 5.84. The highest BCUT2D eigenvalue weighted by Gasteiger charge is 2.31. The monoisotopic (exact) mass is 587 g/mol. The van der Waals surface area contributed by atoms with Crippen molar-refractivity contribution in [1.29, 1.82) is 0 Å². The van der Waals surface area contributed by atoms with Gasteiger partial charge >= 0.3 is 0 Å². The molecule has 7 rings (SSSR count). The molecular formula is C32H38FN7O3.